The Morgan fingerprint density at radius 3 is 2.78 bits per heavy atom. The summed E-state index contributed by atoms with van der Waals surface area (Å²) in [5, 5.41) is 19.2. The molecule has 2 aromatic rings. The van der Waals surface area contributed by atoms with E-state index in [1.54, 1.807) is 11.6 Å². The highest BCUT2D eigenvalue weighted by molar-refractivity contribution is 7.99. The summed E-state index contributed by atoms with van der Waals surface area (Å²) >= 11 is 1.04. The highest BCUT2D eigenvalue weighted by Crippen LogP contribution is 2.34. The zero-order valence-corrected chi connectivity index (χ0v) is 12.6. The van der Waals surface area contributed by atoms with Gasteiger partial charge < -0.3 is 15.0 Å². The van der Waals surface area contributed by atoms with Crippen LogP contribution in [0.2, 0.25) is 0 Å². The van der Waals surface area contributed by atoms with Gasteiger partial charge in [0.05, 0.1) is 15.4 Å². The number of nitrogens with zero attached hydrogens (tertiary/aromatic N) is 4. The number of primary amides is 1. The molecule has 0 bridgehead atoms. The summed E-state index contributed by atoms with van der Waals surface area (Å²) in [6.45, 7) is -0.595. The van der Waals surface area contributed by atoms with Crippen molar-refractivity contribution in [2.45, 2.75) is 10.1 Å². The minimum absolute atomic E-state index is 0.0553. The average Bonchev–Trinajstić information content (AvgIpc) is 2.90. The van der Waals surface area contributed by atoms with Gasteiger partial charge >= 0.3 is 5.97 Å². The first kappa shape index (κ1) is 16.4. The Kier molecular flexibility index (Phi) is 4.91. The molecule has 0 spiro atoms. The summed E-state index contributed by atoms with van der Waals surface area (Å²) in [6, 6.07) is 3.83. The van der Waals surface area contributed by atoms with E-state index in [4.69, 9.17) is 5.73 Å². The minimum Gasteiger partial charge on any atom is -0.452 e. The van der Waals surface area contributed by atoms with Crippen LogP contribution in [-0.2, 0) is 16.6 Å². The van der Waals surface area contributed by atoms with Gasteiger partial charge in [0.25, 0.3) is 11.6 Å². The third-order valence-corrected chi connectivity index (χ3v) is 3.73. The number of ether oxygens (including phenoxy) is 1. The van der Waals surface area contributed by atoms with Crippen molar-refractivity contribution in [1.29, 1.82) is 0 Å². The van der Waals surface area contributed by atoms with Gasteiger partial charge in [0, 0.05) is 13.1 Å². The van der Waals surface area contributed by atoms with Crippen LogP contribution in [0.5, 0.6) is 0 Å². The molecule has 1 aromatic heterocycles. The van der Waals surface area contributed by atoms with Crippen molar-refractivity contribution >= 4 is 29.3 Å². The van der Waals surface area contributed by atoms with Crippen molar-refractivity contribution in [2.75, 3.05) is 6.61 Å². The van der Waals surface area contributed by atoms with Gasteiger partial charge in [-0.3, -0.25) is 14.9 Å². The fourth-order valence-corrected chi connectivity index (χ4v) is 2.41. The number of rotatable bonds is 6. The number of nitro groups is 1. The molecule has 10 nitrogen and oxygen atoms in total. The lowest BCUT2D eigenvalue weighted by Crippen LogP contribution is -2.20. The lowest BCUT2D eigenvalue weighted by molar-refractivity contribution is -0.387. The third kappa shape index (κ3) is 4.03. The van der Waals surface area contributed by atoms with Crippen molar-refractivity contribution < 1.29 is 19.2 Å². The second kappa shape index (κ2) is 6.87. The van der Waals surface area contributed by atoms with E-state index in [0.29, 0.717) is 5.16 Å². The molecule has 1 amide bonds. The number of amides is 1. The number of esters is 1. The van der Waals surface area contributed by atoms with Crippen molar-refractivity contribution in [2.24, 2.45) is 12.8 Å². The van der Waals surface area contributed by atoms with Crippen molar-refractivity contribution in [3.05, 3.63) is 40.2 Å². The second-order valence-electron chi connectivity index (χ2n) is 4.31. The predicted octanol–water partition coefficient (Wildman–Crippen LogP) is 0.517. The molecule has 0 fully saturated rings. The van der Waals surface area contributed by atoms with E-state index in [1.165, 1.54) is 18.5 Å². The number of hydrogen-bond acceptors (Lipinski definition) is 8. The number of aromatic nitrogens is 3. The van der Waals surface area contributed by atoms with Crippen LogP contribution in [-0.4, -0.2) is 38.2 Å². The molecule has 0 radical (unpaired) electrons. The molecule has 120 valence electrons. The van der Waals surface area contributed by atoms with Crippen LogP contribution in [0.25, 0.3) is 0 Å². The Hall–Kier alpha value is -2.95. The standard InChI is InChI=1S/C12H11N5O5S/c1-16-6-14-15-12(16)23-9-3-2-7(4-8(9)17(20)21)11(19)22-5-10(13)18/h2-4,6H,5H2,1H3,(H2,13,18). The highest BCUT2D eigenvalue weighted by atomic mass is 32.2. The highest BCUT2D eigenvalue weighted by Gasteiger charge is 2.20. The summed E-state index contributed by atoms with van der Waals surface area (Å²) in [6.07, 6.45) is 1.46. The second-order valence-corrected chi connectivity index (χ2v) is 5.32. The molecular formula is C12H11N5O5S. The van der Waals surface area contributed by atoms with Crippen LogP contribution >= 0.6 is 11.8 Å². The summed E-state index contributed by atoms with van der Waals surface area (Å²) in [7, 11) is 1.70. The Balaban J connectivity index is 2.28. The summed E-state index contributed by atoms with van der Waals surface area (Å²) in [5.74, 6) is -1.69. The molecule has 0 atom stereocenters. The number of benzene rings is 1. The molecule has 0 aliphatic rings. The van der Waals surface area contributed by atoms with Crippen molar-refractivity contribution in [3.8, 4) is 0 Å². The number of carbonyl (C=O) groups is 2. The van der Waals surface area contributed by atoms with Crippen LogP contribution in [0.3, 0.4) is 0 Å². The summed E-state index contributed by atoms with van der Waals surface area (Å²) < 4.78 is 6.22. The molecule has 0 saturated carbocycles. The fourth-order valence-electron chi connectivity index (χ4n) is 1.56. The molecule has 11 heteroatoms. The van der Waals surface area contributed by atoms with Gasteiger partial charge in [0.2, 0.25) is 0 Å². The Labute approximate surface area is 133 Å². The normalized spacial score (nSPS) is 10.3. The molecule has 2 rings (SSSR count). The van der Waals surface area contributed by atoms with Gasteiger partial charge in [-0.2, -0.15) is 0 Å². The van der Waals surface area contributed by atoms with E-state index in [9.17, 15) is 19.7 Å². The van der Waals surface area contributed by atoms with Gasteiger partial charge in [0.15, 0.2) is 11.8 Å². The first-order valence-corrected chi connectivity index (χ1v) is 6.96. The predicted molar refractivity (Wildman–Crippen MR) is 77.7 cm³/mol. The Bertz CT molecular complexity index is 775. The molecule has 0 aliphatic heterocycles. The van der Waals surface area contributed by atoms with Crippen LogP contribution < -0.4 is 5.73 Å². The first-order valence-electron chi connectivity index (χ1n) is 6.14. The van der Waals surface area contributed by atoms with Crippen LogP contribution in [0.15, 0.2) is 34.6 Å². The topological polar surface area (TPSA) is 143 Å². The van der Waals surface area contributed by atoms with E-state index < -0.39 is 23.4 Å². The number of nitrogens with two attached hydrogens (primary N) is 1. The number of nitro benzene ring substituents is 1. The lowest BCUT2D eigenvalue weighted by atomic mass is 10.2. The smallest absolute Gasteiger partial charge is 0.338 e. The number of hydrogen-bond donors (Lipinski definition) is 1. The van der Waals surface area contributed by atoms with E-state index in [1.807, 2.05) is 0 Å². The summed E-state index contributed by atoms with van der Waals surface area (Å²) in [5.41, 5.74) is 4.53. The molecule has 0 aliphatic carbocycles. The monoisotopic (exact) mass is 337 g/mol. The van der Waals surface area contributed by atoms with Gasteiger partial charge in [-0.05, 0) is 23.9 Å². The zero-order chi connectivity index (χ0) is 17.0. The molecular weight excluding hydrogens is 326 g/mol. The number of carbonyl (C=O) groups excluding carboxylic acids is 2. The Morgan fingerprint density at radius 2 is 2.22 bits per heavy atom. The van der Waals surface area contributed by atoms with Crippen molar-refractivity contribution in [3.63, 3.8) is 0 Å². The maximum atomic E-state index is 11.7. The molecule has 1 aromatic carbocycles. The Morgan fingerprint density at radius 1 is 1.48 bits per heavy atom. The van der Waals surface area contributed by atoms with Crippen molar-refractivity contribution in [1.82, 2.24) is 14.8 Å². The van der Waals surface area contributed by atoms with Gasteiger partial charge in [-0.1, -0.05) is 0 Å². The zero-order valence-electron chi connectivity index (χ0n) is 11.8. The fraction of sp³-hybridized carbons (Fsp3) is 0.167. The quantitative estimate of drug-likeness (QED) is 0.456. The number of aryl methyl sites for hydroxylation is 1. The maximum Gasteiger partial charge on any atom is 0.338 e. The largest absolute Gasteiger partial charge is 0.452 e. The summed E-state index contributed by atoms with van der Waals surface area (Å²) in [4.78, 5) is 33.2. The van der Waals surface area contributed by atoms with Gasteiger partial charge in [0.1, 0.15) is 6.33 Å². The van der Waals surface area contributed by atoms with E-state index in [0.717, 1.165) is 17.8 Å². The average molecular weight is 337 g/mol. The van der Waals surface area contributed by atoms with Crippen LogP contribution in [0, 0.1) is 10.1 Å². The first-order chi connectivity index (χ1) is 10.9. The lowest BCUT2D eigenvalue weighted by Gasteiger charge is -2.05. The van der Waals surface area contributed by atoms with E-state index in [2.05, 4.69) is 14.9 Å². The molecule has 0 unspecified atom stereocenters. The molecule has 23 heavy (non-hydrogen) atoms. The van der Waals surface area contributed by atoms with Gasteiger partial charge in [-0.15, -0.1) is 10.2 Å². The van der Waals surface area contributed by atoms with Crippen LogP contribution in [0.4, 0.5) is 5.69 Å². The van der Waals surface area contributed by atoms with E-state index in [-0.39, 0.29) is 16.1 Å². The molecule has 0 saturated heterocycles. The van der Waals surface area contributed by atoms with Gasteiger partial charge in [-0.25, -0.2) is 4.79 Å². The third-order valence-electron chi connectivity index (χ3n) is 2.61. The van der Waals surface area contributed by atoms with E-state index >= 15 is 0 Å². The minimum atomic E-state index is -0.873. The SMILES string of the molecule is Cn1cnnc1Sc1ccc(C(=O)OCC(N)=O)cc1[N+](=O)[O-]. The maximum absolute atomic E-state index is 11.7. The molecule has 2 N–H and O–H groups in total. The van der Waals surface area contributed by atoms with Crippen LogP contribution in [0.1, 0.15) is 10.4 Å². The molecule has 1 heterocycles.